The van der Waals surface area contributed by atoms with Crippen molar-refractivity contribution in [2.45, 2.75) is 39.3 Å². The lowest BCUT2D eigenvalue weighted by molar-refractivity contribution is 0.102. The number of ether oxygens (including phenoxy) is 1. The average Bonchev–Trinajstić information content (AvgIpc) is 3.13. The summed E-state index contributed by atoms with van der Waals surface area (Å²) in [5.41, 5.74) is 2.68. The summed E-state index contributed by atoms with van der Waals surface area (Å²) in [6.45, 7) is 7.87. The number of rotatable bonds is 7. The van der Waals surface area contributed by atoms with Gasteiger partial charge in [-0.1, -0.05) is 45.0 Å². The predicted molar refractivity (Wildman–Crippen MR) is 117 cm³/mol. The molecule has 158 valence electrons. The smallest absolute Gasteiger partial charge is 0.258 e. The zero-order valence-corrected chi connectivity index (χ0v) is 17.9. The van der Waals surface area contributed by atoms with Gasteiger partial charge in [-0.25, -0.2) is 4.68 Å². The Morgan fingerprint density at radius 2 is 1.83 bits per heavy atom. The van der Waals surface area contributed by atoms with Gasteiger partial charge in [0.05, 0.1) is 24.9 Å². The summed E-state index contributed by atoms with van der Waals surface area (Å²) < 4.78 is 8.22. The highest BCUT2D eigenvalue weighted by Gasteiger charge is 2.14. The first-order valence-corrected chi connectivity index (χ1v) is 9.90. The van der Waals surface area contributed by atoms with Crippen molar-refractivity contribution in [2.24, 2.45) is 0 Å². The third-order valence-electron chi connectivity index (χ3n) is 4.89. The van der Waals surface area contributed by atoms with Gasteiger partial charge in [-0.3, -0.25) is 9.59 Å². The lowest BCUT2D eigenvalue weighted by Crippen LogP contribution is -2.24. The number of methoxy groups -OCH3 is 1. The van der Waals surface area contributed by atoms with Crippen LogP contribution in [-0.2, 0) is 23.2 Å². The normalized spacial score (nSPS) is 11.5. The van der Waals surface area contributed by atoms with Gasteiger partial charge in [-0.15, -0.1) is 0 Å². The molecule has 3 rings (SSSR count). The highest BCUT2D eigenvalue weighted by atomic mass is 16.5. The van der Waals surface area contributed by atoms with Gasteiger partial charge in [0.25, 0.3) is 11.5 Å². The number of amides is 1. The Bertz CT molecular complexity index is 1060. The monoisotopic (exact) mass is 408 g/mol. The molecular formula is C23H28N4O3. The van der Waals surface area contributed by atoms with Crippen LogP contribution in [0.1, 0.15) is 42.3 Å². The molecule has 0 bridgehead atoms. The quantitative estimate of drug-likeness (QED) is 0.651. The topological polar surface area (TPSA) is 78.2 Å². The van der Waals surface area contributed by atoms with Crippen LogP contribution >= 0.6 is 0 Å². The number of pyridine rings is 1. The standard InChI is InChI=1S/C23H28N4O3/c1-23(2,3)19-8-5-17(6-9-19)15-27-20(11-12-24-27)25-22(29)18-7-10-21(28)26(16-18)13-14-30-4/h5-12,16H,13-15H2,1-4H3,(H,25,29). The number of aromatic nitrogens is 3. The molecule has 0 unspecified atom stereocenters. The van der Waals surface area contributed by atoms with Crippen LogP contribution in [0.5, 0.6) is 0 Å². The maximum absolute atomic E-state index is 12.7. The van der Waals surface area contributed by atoms with Crippen molar-refractivity contribution in [3.8, 4) is 0 Å². The van der Waals surface area contributed by atoms with Crippen LogP contribution in [0.2, 0.25) is 0 Å². The van der Waals surface area contributed by atoms with Gasteiger partial charge in [-0.05, 0) is 22.6 Å². The van der Waals surface area contributed by atoms with E-state index in [0.29, 0.717) is 31.1 Å². The van der Waals surface area contributed by atoms with Crippen molar-refractivity contribution in [1.29, 1.82) is 0 Å². The number of hydrogen-bond donors (Lipinski definition) is 1. The summed E-state index contributed by atoms with van der Waals surface area (Å²) in [5.74, 6) is 0.292. The molecular weight excluding hydrogens is 380 g/mol. The van der Waals surface area contributed by atoms with E-state index in [4.69, 9.17) is 4.74 Å². The summed E-state index contributed by atoms with van der Waals surface area (Å²) in [6, 6.07) is 13.1. The number of benzene rings is 1. The Kier molecular flexibility index (Phi) is 6.52. The van der Waals surface area contributed by atoms with E-state index in [1.165, 1.54) is 22.3 Å². The van der Waals surface area contributed by atoms with E-state index in [1.54, 1.807) is 30.3 Å². The Balaban J connectivity index is 1.73. The summed E-state index contributed by atoms with van der Waals surface area (Å²) in [5, 5.41) is 7.21. The van der Waals surface area contributed by atoms with Gasteiger partial charge < -0.3 is 14.6 Å². The molecule has 0 aliphatic rings. The Morgan fingerprint density at radius 1 is 1.10 bits per heavy atom. The third kappa shape index (κ3) is 5.24. The zero-order chi connectivity index (χ0) is 21.7. The van der Waals surface area contributed by atoms with E-state index in [2.05, 4.69) is 55.5 Å². The van der Waals surface area contributed by atoms with Gasteiger partial charge in [0.1, 0.15) is 5.82 Å². The molecule has 1 aromatic carbocycles. The molecule has 7 nitrogen and oxygen atoms in total. The lowest BCUT2D eigenvalue weighted by atomic mass is 9.87. The molecule has 0 spiro atoms. The number of hydrogen-bond acceptors (Lipinski definition) is 4. The highest BCUT2D eigenvalue weighted by molar-refractivity contribution is 6.03. The minimum absolute atomic E-state index is 0.100. The van der Waals surface area contributed by atoms with E-state index < -0.39 is 0 Å². The Hall–Kier alpha value is -3.19. The molecule has 3 aromatic rings. The van der Waals surface area contributed by atoms with Crippen LogP contribution in [0.15, 0.2) is 59.7 Å². The summed E-state index contributed by atoms with van der Waals surface area (Å²) in [7, 11) is 1.57. The molecule has 0 fully saturated rings. The van der Waals surface area contributed by atoms with Gasteiger partial charge in [0, 0.05) is 32.0 Å². The zero-order valence-electron chi connectivity index (χ0n) is 17.9. The maximum Gasteiger partial charge on any atom is 0.258 e. The molecule has 1 amide bonds. The van der Waals surface area contributed by atoms with Crippen molar-refractivity contribution in [1.82, 2.24) is 14.3 Å². The molecule has 0 aliphatic heterocycles. The number of nitrogens with zero attached hydrogens (tertiary/aromatic N) is 3. The molecule has 0 aliphatic carbocycles. The molecule has 0 saturated heterocycles. The van der Waals surface area contributed by atoms with Crippen LogP contribution in [0.3, 0.4) is 0 Å². The molecule has 7 heteroatoms. The largest absolute Gasteiger partial charge is 0.383 e. The molecule has 0 atom stereocenters. The molecule has 0 radical (unpaired) electrons. The first kappa shape index (κ1) is 21.5. The molecule has 0 saturated carbocycles. The van der Waals surface area contributed by atoms with Crippen LogP contribution in [-0.4, -0.2) is 34.0 Å². The Morgan fingerprint density at radius 3 is 2.50 bits per heavy atom. The SMILES string of the molecule is COCCn1cc(C(=O)Nc2ccnn2Cc2ccc(C(C)(C)C)cc2)ccc1=O. The van der Waals surface area contributed by atoms with E-state index >= 15 is 0 Å². The molecule has 1 N–H and O–H groups in total. The first-order chi connectivity index (χ1) is 14.3. The summed E-state index contributed by atoms with van der Waals surface area (Å²) >= 11 is 0. The molecule has 30 heavy (non-hydrogen) atoms. The van der Waals surface area contributed by atoms with Crippen molar-refractivity contribution in [3.05, 3.63) is 81.9 Å². The number of carbonyl (C=O) groups is 1. The second-order valence-corrected chi connectivity index (χ2v) is 8.22. The van der Waals surface area contributed by atoms with E-state index in [9.17, 15) is 9.59 Å². The number of anilines is 1. The van der Waals surface area contributed by atoms with E-state index in [0.717, 1.165) is 5.56 Å². The predicted octanol–water partition coefficient (Wildman–Crippen LogP) is 3.29. The third-order valence-corrected chi connectivity index (χ3v) is 4.89. The Labute approximate surface area is 176 Å². The van der Waals surface area contributed by atoms with Crippen molar-refractivity contribution in [3.63, 3.8) is 0 Å². The van der Waals surface area contributed by atoms with Crippen LogP contribution < -0.4 is 10.9 Å². The minimum atomic E-state index is -0.300. The van der Waals surface area contributed by atoms with Gasteiger partial charge in [0.2, 0.25) is 0 Å². The van der Waals surface area contributed by atoms with E-state index in [1.807, 2.05) is 0 Å². The van der Waals surface area contributed by atoms with Crippen LogP contribution in [0.25, 0.3) is 0 Å². The molecule has 2 aromatic heterocycles. The van der Waals surface area contributed by atoms with Crippen molar-refractivity contribution >= 4 is 11.7 Å². The second-order valence-electron chi connectivity index (χ2n) is 8.22. The summed E-state index contributed by atoms with van der Waals surface area (Å²) in [4.78, 5) is 24.6. The average molecular weight is 409 g/mol. The number of nitrogens with one attached hydrogen (secondary N) is 1. The van der Waals surface area contributed by atoms with Crippen LogP contribution in [0.4, 0.5) is 5.82 Å². The lowest BCUT2D eigenvalue weighted by Gasteiger charge is -2.19. The van der Waals surface area contributed by atoms with Gasteiger partial charge in [0.15, 0.2) is 0 Å². The van der Waals surface area contributed by atoms with Crippen molar-refractivity contribution in [2.75, 3.05) is 19.0 Å². The fraction of sp³-hybridized carbons (Fsp3) is 0.348. The molecule has 2 heterocycles. The highest BCUT2D eigenvalue weighted by Crippen LogP contribution is 2.22. The fourth-order valence-electron chi connectivity index (χ4n) is 3.07. The van der Waals surface area contributed by atoms with Gasteiger partial charge in [-0.2, -0.15) is 5.10 Å². The van der Waals surface area contributed by atoms with Crippen LogP contribution in [0, 0.1) is 0 Å². The van der Waals surface area contributed by atoms with Gasteiger partial charge >= 0.3 is 0 Å². The summed E-state index contributed by atoms with van der Waals surface area (Å²) in [6.07, 6.45) is 3.20. The maximum atomic E-state index is 12.7. The number of carbonyl (C=O) groups excluding carboxylic acids is 1. The second kappa shape index (κ2) is 9.09. The van der Waals surface area contributed by atoms with Crippen molar-refractivity contribution < 1.29 is 9.53 Å². The first-order valence-electron chi connectivity index (χ1n) is 9.90. The van der Waals surface area contributed by atoms with E-state index in [-0.39, 0.29) is 16.9 Å². The minimum Gasteiger partial charge on any atom is -0.383 e. The fourth-order valence-corrected chi connectivity index (χ4v) is 3.07.